The molecule has 158 valence electrons. The Morgan fingerprint density at radius 1 is 1.03 bits per heavy atom. The van der Waals surface area contributed by atoms with Gasteiger partial charge in [-0.25, -0.2) is 12.8 Å². The van der Waals surface area contributed by atoms with Crippen molar-refractivity contribution in [3.05, 3.63) is 83.7 Å². The van der Waals surface area contributed by atoms with E-state index in [0.717, 1.165) is 11.3 Å². The Morgan fingerprint density at radius 2 is 1.74 bits per heavy atom. The summed E-state index contributed by atoms with van der Waals surface area (Å²) in [6.45, 7) is 2.45. The minimum absolute atomic E-state index is 0.00957. The van der Waals surface area contributed by atoms with E-state index in [4.69, 9.17) is 4.74 Å². The second-order valence-electron chi connectivity index (χ2n) is 6.83. The zero-order chi connectivity index (χ0) is 22.0. The number of hydrogen-bond donors (Lipinski definition) is 2. The van der Waals surface area contributed by atoms with E-state index < -0.39 is 15.8 Å². The molecule has 0 spiro atoms. The topological polar surface area (TPSA) is 84.5 Å². The number of hydrogen-bond acceptors (Lipinski definition) is 4. The molecular formula is C23H19FN2O4S. The molecule has 2 N–H and O–H groups in total. The molecule has 3 aromatic carbocycles. The third kappa shape index (κ3) is 4.44. The fourth-order valence-corrected chi connectivity index (χ4v) is 4.29. The summed E-state index contributed by atoms with van der Waals surface area (Å²) in [4.78, 5) is 12.5. The van der Waals surface area contributed by atoms with Crippen molar-refractivity contribution in [2.24, 2.45) is 0 Å². The molecule has 31 heavy (non-hydrogen) atoms. The molecule has 0 bridgehead atoms. The maximum Gasteiger partial charge on any atom is 0.261 e. The molecule has 0 fully saturated rings. The molecule has 0 saturated carbocycles. The second-order valence-corrected chi connectivity index (χ2v) is 8.52. The third-order valence-electron chi connectivity index (χ3n) is 4.68. The van der Waals surface area contributed by atoms with Gasteiger partial charge in [0.15, 0.2) is 0 Å². The zero-order valence-electron chi connectivity index (χ0n) is 16.6. The molecule has 0 unspecified atom stereocenters. The van der Waals surface area contributed by atoms with Gasteiger partial charge in [-0.2, -0.15) is 0 Å². The van der Waals surface area contributed by atoms with Gasteiger partial charge in [-0.1, -0.05) is 12.1 Å². The van der Waals surface area contributed by atoms with Crippen LogP contribution >= 0.6 is 0 Å². The molecule has 1 aliphatic rings. The highest BCUT2D eigenvalue weighted by molar-refractivity contribution is 7.92. The van der Waals surface area contributed by atoms with Crippen LogP contribution in [0.1, 0.15) is 18.1 Å². The zero-order valence-corrected chi connectivity index (χ0v) is 17.4. The van der Waals surface area contributed by atoms with Crippen molar-refractivity contribution < 1.29 is 22.3 Å². The number of carbonyl (C=O) groups is 1. The number of ether oxygens (including phenoxy) is 1. The molecule has 3 aromatic rings. The maximum atomic E-state index is 13.1. The number of benzene rings is 3. The van der Waals surface area contributed by atoms with Crippen LogP contribution in [0, 0.1) is 5.82 Å². The van der Waals surface area contributed by atoms with Crippen LogP contribution in [-0.2, 0) is 14.8 Å². The Balaban J connectivity index is 1.66. The van der Waals surface area contributed by atoms with Gasteiger partial charge >= 0.3 is 0 Å². The lowest BCUT2D eigenvalue weighted by atomic mass is 10.0. The highest BCUT2D eigenvalue weighted by atomic mass is 32.2. The van der Waals surface area contributed by atoms with Crippen molar-refractivity contribution in [1.82, 2.24) is 0 Å². The van der Waals surface area contributed by atoms with Crippen LogP contribution in [0.4, 0.5) is 15.8 Å². The number of halogens is 1. The predicted molar refractivity (Wildman–Crippen MR) is 118 cm³/mol. The largest absolute Gasteiger partial charge is 0.494 e. The Labute approximate surface area is 179 Å². The first-order valence-electron chi connectivity index (χ1n) is 9.54. The average Bonchev–Trinajstić information content (AvgIpc) is 3.06. The SMILES string of the molecule is CCOc1ccc(/C=C2\C(=O)Nc3ccc(S(=O)(=O)Nc4ccc(F)cc4)cc32)cc1. The number of amides is 1. The molecule has 0 atom stereocenters. The molecule has 1 heterocycles. The smallest absolute Gasteiger partial charge is 0.261 e. The van der Waals surface area contributed by atoms with Crippen molar-refractivity contribution in [1.29, 1.82) is 0 Å². The summed E-state index contributed by atoms with van der Waals surface area (Å²) in [5.41, 5.74) is 2.39. The number of sulfonamides is 1. The molecular weight excluding hydrogens is 419 g/mol. The Morgan fingerprint density at radius 3 is 2.42 bits per heavy atom. The van der Waals surface area contributed by atoms with Gasteiger partial charge < -0.3 is 10.1 Å². The molecule has 1 aliphatic heterocycles. The fraction of sp³-hybridized carbons (Fsp3) is 0.0870. The summed E-state index contributed by atoms with van der Waals surface area (Å²) in [5.74, 6) is -0.0553. The number of nitrogens with one attached hydrogen (secondary N) is 2. The monoisotopic (exact) mass is 438 g/mol. The van der Waals surface area contributed by atoms with Crippen LogP contribution in [0.25, 0.3) is 11.6 Å². The maximum absolute atomic E-state index is 13.1. The molecule has 1 amide bonds. The minimum Gasteiger partial charge on any atom is -0.494 e. The summed E-state index contributed by atoms with van der Waals surface area (Å²) in [5, 5.41) is 2.75. The van der Waals surface area contributed by atoms with E-state index in [1.165, 1.54) is 36.4 Å². The highest BCUT2D eigenvalue weighted by Gasteiger charge is 2.26. The van der Waals surface area contributed by atoms with Crippen molar-refractivity contribution in [3.8, 4) is 5.75 Å². The van der Waals surface area contributed by atoms with Crippen molar-refractivity contribution in [3.63, 3.8) is 0 Å². The van der Waals surface area contributed by atoms with Crippen LogP contribution < -0.4 is 14.8 Å². The number of carbonyl (C=O) groups excluding carboxylic acids is 1. The van der Waals surface area contributed by atoms with Crippen LogP contribution in [0.3, 0.4) is 0 Å². The Bertz CT molecular complexity index is 1270. The van der Waals surface area contributed by atoms with E-state index in [2.05, 4.69) is 10.0 Å². The quantitative estimate of drug-likeness (QED) is 0.555. The lowest BCUT2D eigenvalue weighted by molar-refractivity contribution is -0.110. The number of anilines is 2. The van der Waals surface area contributed by atoms with Crippen molar-refractivity contribution in [2.45, 2.75) is 11.8 Å². The molecule has 0 aliphatic carbocycles. The normalized spacial score (nSPS) is 14.3. The first kappa shape index (κ1) is 20.6. The summed E-state index contributed by atoms with van der Waals surface area (Å²) in [6.07, 6.45) is 1.70. The molecule has 8 heteroatoms. The Kier molecular flexibility index (Phi) is 5.48. The number of fused-ring (bicyclic) bond motifs is 1. The van der Waals surface area contributed by atoms with Crippen LogP contribution in [0.2, 0.25) is 0 Å². The lowest BCUT2D eigenvalue weighted by Crippen LogP contribution is -2.13. The predicted octanol–water partition coefficient (Wildman–Crippen LogP) is 4.52. The van der Waals surface area contributed by atoms with E-state index in [1.807, 2.05) is 19.1 Å². The van der Waals surface area contributed by atoms with E-state index in [0.29, 0.717) is 23.4 Å². The van der Waals surface area contributed by atoms with Crippen molar-refractivity contribution in [2.75, 3.05) is 16.6 Å². The van der Waals surface area contributed by atoms with E-state index in [-0.39, 0.29) is 16.5 Å². The summed E-state index contributed by atoms with van der Waals surface area (Å²) in [7, 11) is -3.93. The van der Waals surface area contributed by atoms with Gasteiger partial charge in [0, 0.05) is 22.5 Å². The number of rotatable bonds is 6. The van der Waals surface area contributed by atoms with Gasteiger partial charge in [-0.05, 0) is 73.2 Å². The molecule has 0 saturated heterocycles. The van der Waals surface area contributed by atoms with E-state index >= 15 is 0 Å². The first-order valence-corrected chi connectivity index (χ1v) is 11.0. The van der Waals surface area contributed by atoms with Crippen LogP contribution in [0.5, 0.6) is 5.75 Å². The van der Waals surface area contributed by atoms with Crippen molar-refractivity contribution >= 4 is 39.0 Å². The summed E-state index contributed by atoms with van der Waals surface area (Å²) in [6, 6.07) is 16.6. The van der Waals surface area contributed by atoms with Gasteiger partial charge in [0.05, 0.1) is 11.5 Å². The van der Waals surface area contributed by atoms with E-state index in [1.54, 1.807) is 24.3 Å². The second kappa shape index (κ2) is 8.23. The van der Waals surface area contributed by atoms with Gasteiger partial charge in [0.1, 0.15) is 11.6 Å². The fourth-order valence-electron chi connectivity index (χ4n) is 3.20. The van der Waals surface area contributed by atoms with Gasteiger partial charge in [-0.15, -0.1) is 0 Å². The van der Waals surface area contributed by atoms with Crippen LogP contribution in [0.15, 0.2) is 71.6 Å². The molecule has 6 nitrogen and oxygen atoms in total. The third-order valence-corrected chi connectivity index (χ3v) is 6.06. The highest BCUT2D eigenvalue weighted by Crippen LogP contribution is 2.35. The Hall–Kier alpha value is -3.65. The lowest BCUT2D eigenvalue weighted by Gasteiger charge is -2.09. The first-order chi connectivity index (χ1) is 14.9. The minimum atomic E-state index is -3.93. The standard InChI is InChI=1S/C23H19FN2O4S/c1-2-30-18-9-3-15(4-10-18)13-21-20-14-19(11-12-22(20)25-23(21)27)31(28,29)26-17-7-5-16(24)6-8-17/h3-14,26H,2H2,1H3,(H,25,27)/b21-13-. The molecule has 0 radical (unpaired) electrons. The molecule has 0 aromatic heterocycles. The average molecular weight is 438 g/mol. The van der Waals surface area contributed by atoms with Crippen LogP contribution in [-0.4, -0.2) is 20.9 Å². The van der Waals surface area contributed by atoms with E-state index in [9.17, 15) is 17.6 Å². The van der Waals surface area contributed by atoms with Gasteiger partial charge in [0.25, 0.3) is 15.9 Å². The van der Waals surface area contributed by atoms with Gasteiger partial charge in [0.2, 0.25) is 0 Å². The summed E-state index contributed by atoms with van der Waals surface area (Å²) < 4.78 is 46.5. The van der Waals surface area contributed by atoms with Gasteiger partial charge in [-0.3, -0.25) is 9.52 Å². The summed E-state index contributed by atoms with van der Waals surface area (Å²) >= 11 is 0. The molecule has 4 rings (SSSR count).